The number of piperazine rings is 1. The van der Waals surface area contributed by atoms with E-state index in [1.807, 2.05) is 11.9 Å². The van der Waals surface area contributed by atoms with Crippen LogP contribution >= 0.6 is 0 Å². The molecule has 2 aliphatic heterocycles. The van der Waals surface area contributed by atoms with Gasteiger partial charge in [0.05, 0.1) is 19.7 Å². The minimum absolute atomic E-state index is 0.0857. The number of hydrogen-bond donors (Lipinski definition) is 0. The third kappa shape index (κ3) is 2.57. The van der Waals surface area contributed by atoms with E-state index in [4.69, 9.17) is 10.00 Å². The van der Waals surface area contributed by atoms with Crippen LogP contribution in [0, 0.1) is 11.3 Å². The SMILES string of the molecule is COc1cc(N2CCC3(C2)C(=O)N(C)CCN3CC#N)ncn1. The Morgan fingerprint density at radius 3 is 2.96 bits per heavy atom. The molecule has 1 atom stereocenters. The van der Waals surface area contributed by atoms with Crippen molar-refractivity contribution in [2.75, 3.05) is 51.8 Å². The van der Waals surface area contributed by atoms with E-state index in [9.17, 15) is 4.79 Å². The number of ether oxygens (including phenoxy) is 1. The van der Waals surface area contributed by atoms with E-state index in [1.165, 1.54) is 6.33 Å². The van der Waals surface area contributed by atoms with Crippen molar-refractivity contribution in [2.24, 2.45) is 0 Å². The molecule has 122 valence electrons. The maximum atomic E-state index is 12.8. The van der Waals surface area contributed by atoms with E-state index >= 15 is 0 Å². The Morgan fingerprint density at radius 2 is 2.22 bits per heavy atom. The van der Waals surface area contributed by atoms with Crippen LogP contribution in [0.15, 0.2) is 12.4 Å². The fraction of sp³-hybridized carbons (Fsp3) is 0.600. The van der Waals surface area contributed by atoms with Gasteiger partial charge in [0.2, 0.25) is 11.8 Å². The topological polar surface area (TPSA) is 85.6 Å². The third-order valence-corrected chi connectivity index (χ3v) is 4.73. The number of methoxy groups -OCH3 is 1. The summed E-state index contributed by atoms with van der Waals surface area (Å²) in [6.07, 6.45) is 2.14. The fourth-order valence-electron chi connectivity index (χ4n) is 3.43. The number of nitrogens with zero attached hydrogens (tertiary/aromatic N) is 6. The molecular formula is C15H20N6O2. The van der Waals surface area contributed by atoms with Crippen molar-refractivity contribution >= 4 is 11.7 Å². The van der Waals surface area contributed by atoms with Crippen LogP contribution in [0.25, 0.3) is 0 Å². The van der Waals surface area contributed by atoms with E-state index < -0.39 is 5.54 Å². The summed E-state index contributed by atoms with van der Waals surface area (Å²) >= 11 is 0. The number of rotatable bonds is 3. The Morgan fingerprint density at radius 1 is 1.39 bits per heavy atom. The first-order valence-electron chi connectivity index (χ1n) is 7.59. The second-order valence-electron chi connectivity index (χ2n) is 5.93. The molecular weight excluding hydrogens is 296 g/mol. The number of hydrogen-bond acceptors (Lipinski definition) is 7. The average molecular weight is 316 g/mol. The zero-order chi connectivity index (χ0) is 16.4. The highest BCUT2D eigenvalue weighted by molar-refractivity contribution is 5.88. The van der Waals surface area contributed by atoms with Gasteiger partial charge in [-0.1, -0.05) is 0 Å². The van der Waals surface area contributed by atoms with Gasteiger partial charge in [-0.05, 0) is 6.42 Å². The van der Waals surface area contributed by atoms with Gasteiger partial charge in [-0.3, -0.25) is 9.69 Å². The highest BCUT2D eigenvalue weighted by Crippen LogP contribution is 2.34. The number of anilines is 1. The summed E-state index contributed by atoms with van der Waals surface area (Å²) in [5.41, 5.74) is -0.638. The monoisotopic (exact) mass is 316 g/mol. The number of aromatic nitrogens is 2. The molecule has 23 heavy (non-hydrogen) atoms. The third-order valence-electron chi connectivity index (χ3n) is 4.73. The van der Waals surface area contributed by atoms with Crippen LogP contribution in [0.4, 0.5) is 5.82 Å². The summed E-state index contributed by atoms with van der Waals surface area (Å²) in [4.78, 5) is 27.0. The smallest absolute Gasteiger partial charge is 0.244 e. The summed E-state index contributed by atoms with van der Waals surface area (Å²) in [5, 5.41) is 9.10. The van der Waals surface area contributed by atoms with E-state index in [0.717, 1.165) is 12.4 Å². The Balaban J connectivity index is 1.87. The lowest BCUT2D eigenvalue weighted by molar-refractivity contribution is -0.147. The van der Waals surface area contributed by atoms with Crippen molar-refractivity contribution in [1.29, 1.82) is 5.26 Å². The van der Waals surface area contributed by atoms with Crippen molar-refractivity contribution in [3.63, 3.8) is 0 Å². The number of carbonyl (C=O) groups excluding carboxylic acids is 1. The molecule has 3 rings (SSSR count). The molecule has 0 aromatic carbocycles. The molecule has 1 amide bonds. The Bertz CT molecular complexity index is 645. The molecule has 0 aliphatic carbocycles. The Kier molecular flexibility index (Phi) is 4.05. The molecule has 8 nitrogen and oxygen atoms in total. The molecule has 0 N–H and O–H groups in total. The fourth-order valence-corrected chi connectivity index (χ4v) is 3.43. The summed E-state index contributed by atoms with van der Waals surface area (Å²) in [6, 6.07) is 3.96. The normalized spacial score (nSPS) is 25.0. The van der Waals surface area contributed by atoms with Gasteiger partial charge in [0, 0.05) is 39.3 Å². The summed E-state index contributed by atoms with van der Waals surface area (Å²) < 4.78 is 5.14. The number of amides is 1. The molecule has 1 aromatic rings. The van der Waals surface area contributed by atoms with Crippen molar-refractivity contribution in [3.8, 4) is 11.9 Å². The van der Waals surface area contributed by atoms with Crippen LogP contribution in [0.2, 0.25) is 0 Å². The highest BCUT2D eigenvalue weighted by Gasteiger charge is 2.52. The van der Waals surface area contributed by atoms with Gasteiger partial charge >= 0.3 is 0 Å². The summed E-state index contributed by atoms with van der Waals surface area (Å²) in [6.45, 7) is 2.88. The first-order valence-corrected chi connectivity index (χ1v) is 7.59. The molecule has 0 radical (unpaired) electrons. The quantitative estimate of drug-likeness (QED) is 0.710. The van der Waals surface area contributed by atoms with Crippen LogP contribution in [0.3, 0.4) is 0 Å². The number of carbonyl (C=O) groups is 1. The van der Waals surface area contributed by atoms with Crippen LogP contribution < -0.4 is 9.64 Å². The highest BCUT2D eigenvalue weighted by atomic mass is 16.5. The zero-order valence-electron chi connectivity index (χ0n) is 13.4. The summed E-state index contributed by atoms with van der Waals surface area (Å²) in [7, 11) is 3.38. The van der Waals surface area contributed by atoms with Gasteiger partial charge in [0.25, 0.3) is 0 Å². The lowest BCUT2D eigenvalue weighted by Crippen LogP contribution is -2.66. The van der Waals surface area contributed by atoms with Crippen molar-refractivity contribution in [1.82, 2.24) is 19.8 Å². The van der Waals surface area contributed by atoms with E-state index in [1.54, 1.807) is 18.1 Å². The van der Waals surface area contributed by atoms with Crippen molar-refractivity contribution < 1.29 is 9.53 Å². The minimum atomic E-state index is -0.638. The predicted octanol–water partition coefficient (Wildman–Crippen LogP) is -0.268. The first-order chi connectivity index (χ1) is 11.1. The van der Waals surface area contributed by atoms with Crippen molar-refractivity contribution in [3.05, 3.63) is 12.4 Å². The van der Waals surface area contributed by atoms with Crippen LogP contribution in [-0.2, 0) is 4.79 Å². The number of nitriles is 1. The maximum Gasteiger partial charge on any atom is 0.244 e. The zero-order valence-corrected chi connectivity index (χ0v) is 13.4. The minimum Gasteiger partial charge on any atom is -0.481 e. The molecule has 2 saturated heterocycles. The molecule has 2 fully saturated rings. The van der Waals surface area contributed by atoms with Gasteiger partial charge in [0.1, 0.15) is 17.7 Å². The van der Waals surface area contributed by atoms with Crippen LogP contribution in [-0.4, -0.2) is 78.1 Å². The lowest BCUT2D eigenvalue weighted by Gasteiger charge is -2.45. The first kappa shape index (κ1) is 15.5. The van der Waals surface area contributed by atoms with E-state index in [0.29, 0.717) is 31.9 Å². The second-order valence-corrected chi connectivity index (χ2v) is 5.93. The molecule has 1 unspecified atom stereocenters. The number of likely N-dealkylation sites (N-methyl/N-ethyl adjacent to an activating group) is 1. The molecule has 3 heterocycles. The van der Waals surface area contributed by atoms with E-state index in [-0.39, 0.29) is 12.5 Å². The second kappa shape index (κ2) is 6.01. The van der Waals surface area contributed by atoms with Crippen molar-refractivity contribution in [2.45, 2.75) is 12.0 Å². The molecule has 1 aromatic heterocycles. The molecule has 2 aliphatic rings. The van der Waals surface area contributed by atoms with Gasteiger partial charge in [-0.25, -0.2) is 9.97 Å². The van der Waals surface area contributed by atoms with Gasteiger partial charge in [-0.2, -0.15) is 5.26 Å². The standard InChI is InChI=1S/C15H20N6O2/c1-19-7-8-21(6-4-16)15(14(19)22)3-5-20(10-15)12-9-13(23-2)18-11-17-12/h9,11H,3,5-8,10H2,1-2H3. The Hall–Kier alpha value is -2.40. The lowest BCUT2D eigenvalue weighted by atomic mass is 9.91. The largest absolute Gasteiger partial charge is 0.481 e. The molecule has 0 saturated carbocycles. The summed E-state index contributed by atoms with van der Waals surface area (Å²) in [5.74, 6) is 1.33. The van der Waals surface area contributed by atoms with Crippen LogP contribution in [0.1, 0.15) is 6.42 Å². The van der Waals surface area contributed by atoms with Gasteiger partial charge in [-0.15, -0.1) is 0 Å². The van der Waals surface area contributed by atoms with Crippen LogP contribution in [0.5, 0.6) is 5.88 Å². The predicted molar refractivity (Wildman–Crippen MR) is 83.0 cm³/mol. The molecule has 1 spiro atoms. The average Bonchev–Trinajstić information content (AvgIpc) is 3.02. The molecule has 0 bridgehead atoms. The maximum absolute atomic E-state index is 12.8. The molecule has 8 heteroatoms. The Labute approximate surface area is 135 Å². The van der Waals surface area contributed by atoms with E-state index in [2.05, 4.69) is 20.9 Å². The van der Waals surface area contributed by atoms with Gasteiger partial charge < -0.3 is 14.5 Å². The van der Waals surface area contributed by atoms with Gasteiger partial charge in [0.15, 0.2) is 0 Å².